The van der Waals surface area contributed by atoms with Crippen LogP contribution in [-0.2, 0) is 10.0 Å². The molecule has 0 amide bonds. The van der Waals surface area contributed by atoms with Crippen LogP contribution in [0, 0.1) is 6.92 Å². The van der Waals surface area contributed by atoms with Crippen LogP contribution in [0.15, 0.2) is 33.3 Å². The lowest BCUT2D eigenvalue weighted by atomic mass is 10.3. The first kappa shape index (κ1) is 12.7. The SMILES string of the molecule is Cc1[nH]c(=O)sc1S(=O)(=O)Nc1ccccc1N. The van der Waals surface area contributed by atoms with Crippen LogP contribution in [-0.4, -0.2) is 13.4 Å². The number of sulfonamides is 1. The zero-order valence-electron chi connectivity index (χ0n) is 9.43. The van der Waals surface area contributed by atoms with Crippen molar-refractivity contribution in [3.63, 3.8) is 0 Å². The van der Waals surface area contributed by atoms with Gasteiger partial charge in [-0.15, -0.1) is 0 Å². The van der Waals surface area contributed by atoms with Crippen LogP contribution in [0.5, 0.6) is 0 Å². The highest BCUT2D eigenvalue weighted by Crippen LogP contribution is 2.23. The molecule has 0 spiro atoms. The molecule has 4 N–H and O–H groups in total. The molecule has 18 heavy (non-hydrogen) atoms. The first-order valence-electron chi connectivity index (χ1n) is 4.97. The summed E-state index contributed by atoms with van der Waals surface area (Å²) >= 11 is 0.644. The summed E-state index contributed by atoms with van der Waals surface area (Å²) < 4.78 is 26.5. The van der Waals surface area contributed by atoms with Gasteiger partial charge >= 0.3 is 4.87 Å². The number of nitrogen functional groups attached to an aromatic ring is 1. The molecule has 96 valence electrons. The molecular weight excluding hydrogens is 274 g/mol. The molecular formula is C10H11N3O3S2. The number of rotatable bonds is 3. The second-order valence-electron chi connectivity index (χ2n) is 3.62. The van der Waals surface area contributed by atoms with Gasteiger partial charge in [0.2, 0.25) is 0 Å². The Morgan fingerprint density at radius 3 is 2.56 bits per heavy atom. The molecule has 2 rings (SSSR count). The molecule has 0 aliphatic rings. The van der Waals surface area contributed by atoms with E-state index in [0.29, 0.717) is 22.7 Å². The number of aromatic amines is 1. The molecule has 1 aromatic heterocycles. The number of hydrogen-bond donors (Lipinski definition) is 3. The Balaban J connectivity index is 2.43. The minimum absolute atomic E-state index is 0.0317. The van der Waals surface area contributed by atoms with Gasteiger partial charge in [-0.05, 0) is 19.1 Å². The summed E-state index contributed by atoms with van der Waals surface area (Å²) in [5.74, 6) is 0. The van der Waals surface area contributed by atoms with Crippen molar-refractivity contribution in [1.82, 2.24) is 4.98 Å². The van der Waals surface area contributed by atoms with Gasteiger partial charge in [-0.3, -0.25) is 9.52 Å². The van der Waals surface area contributed by atoms with Crippen molar-refractivity contribution in [3.8, 4) is 0 Å². The number of anilines is 2. The number of thiazole rings is 1. The predicted molar refractivity (Wildman–Crippen MR) is 71.3 cm³/mol. The van der Waals surface area contributed by atoms with Crippen LogP contribution in [0.25, 0.3) is 0 Å². The van der Waals surface area contributed by atoms with E-state index in [1.807, 2.05) is 0 Å². The highest BCUT2D eigenvalue weighted by Gasteiger charge is 2.21. The van der Waals surface area contributed by atoms with Crippen LogP contribution >= 0.6 is 11.3 Å². The van der Waals surface area contributed by atoms with E-state index in [-0.39, 0.29) is 9.90 Å². The maximum absolute atomic E-state index is 12.1. The van der Waals surface area contributed by atoms with E-state index in [1.54, 1.807) is 24.3 Å². The smallest absolute Gasteiger partial charge is 0.306 e. The normalized spacial score (nSPS) is 11.4. The lowest BCUT2D eigenvalue weighted by molar-refractivity contribution is 0.602. The van der Waals surface area contributed by atoms with Gasteiger partial charge in [-0.25, -0.2) is 8.42 Å². The summed E-state index contributed by atoms with van der Waals surface area (Å²) in [6.07, 6.45) is 0. The van der Waals surface area contributed by atoms with E-state index in [2.05, 4.69) is 9.71 Å². The zero-order chi connectivity index (χ0) is 13.3. The number of nitrogens with one attached hydrogen (secondary N) is 2. The molecule has 0 fully saturated rings. The van der Waals surface area contributed by atoms with Crippen molar-refractivity contribution in [1.29, 1.82) is 0 Å². The molecule has 0 saturated heterocycles. The third kappa shape index (κ3) is 2.39. The Kier molecular flexibility index (Phi) is 3.14. The first-order chi connectivity index (χ1) is 8.40. The van der Waals surface area contributed by atoms with Gasteiger partial charge < -0.3 is 10.7 Å². The topological polar surface area (TPSA) is 105 Å². The van der Waals surface area contributed by atoms with Crippen molar-refractivity contribution in [2.45, 2.75) is 11.1 Å². The number of nitrogens with two attached hydrogens (primary N) is 1. The molecule has 0 saturated carbocycles. The van der Waals surface area contributed by atoms with E-state index >= 15 is 0 Å². The Hall–Kier alpha value is -1.80. The van der Waals surface area contributed by atoms with E-state index in [9.17, 15) is 13.2 Å². The molecule has 6 nitrogen and oxygen atoms in total. The first-order valence-corrected chi connectivity index (χ1v) is 7.27. The Morgan fingerprint density at radius 1 is 1.33 bits per heavy atom. The fraction of sp³-hybridized carbons (Fsp3) is 0.100. The third-order valence-electron chi connectivity index (χ3n) is 2.23. The Bertz CT molecular complexity index is 731. The molecule has 8 heteroatoms. The molecule has 1 aromatic carbocycles. The van der Waals surface area contributed by atoms with Crippen molar-refractivity contribution in [3.05, 3.63) is 39.6 Å². The van der Waals surface area contributed by atoms with Gasteiger partial charge in [0.05, 0.1) is 11.4 Å². The van der Waals surface area contributed by atoms with Crippen molar-refractivity contribution < 1.29 is 8.42 Å². The van der Waals surface area contributed by atoms with E-state index in [0.717, 1.165) is 0 Å². The maximum Gasteiger partial charge on any atom is 0.306 e. The second kappa shape index (κ2) is 4.46. The maximum atomic E-state index is 12.1. The van der Waals surface area contributed by atoms with Gasteiger partial charge in [0.1, 0.15) is 0 Å². The largest absolute Gasteiger partial charge is 0.397 e. The average Bonchev–Trinajstić information content (AvgIpc) is 2.62. The van der Waals surface area contributed by atoms with Crippen LogP contribution < -0.4 is 15.3 Å². The zero-order valence-corrected chi connectivity index (χ0v) is 11.1. The third-order valence-corrected chi connectivity index (χ3v) is 5.20. The highest BCUT2D eigenvalue weighted by molar-refractivity contribution is 7.94. The summed E-state index contributed by atoms with van der Waals surface area (Å²) in [4.78, 5) is 13.1. The lowest BCUT2D eigenvalue weighted by Crippen LogP contribution is -2.13. The molecule has 0 aliphatic carbocycles. The molecule has 0 atom stereocenters. The standard InChI is InChI=1S/C10H11N3O3S2/c1-6-9(17-10(14)12-6)18(15,16)13-8-5-3-2-4-7(8)11/h2-5,13H,11H2,1H3,(H,12,14). The minimum atomic E-state index is -3.79. The summed E-state index contributed by atoms with van der Waals surface area (Å²) in [6, 6.07) is 6.51. The number of para-hydroxylation sites is 2. The number of aromatic nitrogens is 1. The highest BCUT2D eigenvalue weighted by atomic mass is 32.2. The summed E-state index contributed by atoms with van der Waals surface area (Å²) in [7, 11) is -3.79. The summed E-state index contributed by atoms with van der Waals surface area (Å²) in [5, 5.41) is 0. The minimum Gasteiger partial charge on any atom is -0.397 e. The van der Waals surface area contributed by atoms with Gasteiger partial charge in [-0.1, -0.05) is 23.5 Å². The van der Waals surface area contributed by atoms with Crippen LogP contribution in [0.3, 0.4) is 0 Å². The van der Waals surface area contributed by atoms with Gasteiger partial charge in [-0.2, -0.15) is 0 Å². The molecule has 2 aromatic rings. The molecule has 0 radical (unpaired) electrons. The lowest BCUT2D eigenvalue weighted by Gasteiger charge is -2.08. The molecule has 0 aliphatic heterocycles. The van der Waals surface area contributed by atoms with Crippen LogP contribution in [0.1, 0.15) is 5.69 Å². The fourth-order valence-electron chi connectivity index (χ4n) is 1.43. The van der Waals surface area contributed by atoms with E-state index in [4.69, 9.17) is 5.73 Å². The average molecular weight is 285 g/mol. The van der Waals surface area contributed by atoms with Crippen LogP contribution in [0.4, 0.5) is 11.4 Å². The van der Waals surface area contributed by atoms with E-state index in [1.165, 1.54) is 6.92 Å². The second-order valence-corrected chi connectivity index (χ2v) is 6.48. The van der Waals surface area contributed by atoms with Crippen molar-refractivity contribution in [2.75, 3.05) is 10.5 Å². The summed E-state index contributed by atoms with van der Waals surface area (Å²) in [6.45, 7) is 1.53. The Morgan fingerprint density at radius 2 is 2.00 bits per heavy atom. The predicted octanol–water partition coefficient (Wildman–Crippen LogP) is 1.13. The number of benzene rings is 1. The molecule has 1 heterocycles. The van der Waals surface area contributed by atoms with Gasteiger partial charge in [0.15, 0.2) is 4.21 Å². The van der Waals surface area contributed by atoms with E-state index < -0.39 is 14.9 Å². The number of hydrogen-bond acceptors (Lipinski definition) is 5. The van der Waals surface area contributed by atoms with Crippen molar-refractivity contribution in [2.24, 2.45) is 0 Å². The van der Waals surface area contributed by atoms with Crippen LogP contribution in [0.2, 0.25) is 0 Å². The monoisotopic (exact) mass is 285 g/mol. The summed E-state index contributed by atoms with van der Waals surface area (Å²) in [5.41, 5.74) is 6.58. The molecule has 0 unspecified atom stereocenters. The van der Waals surface area contributed by atoms with Crippen molar-refractivity contribution >= 4 is 32.7 Å². The number of H-pyrrole nitrogens is 1. The fourth-order valence-corrected chi connectivity index (χ4v) is 3.82. The molecule has 0 bridgehead atoms. The quantitative estimate of drug-likeness (QED) is 0.735. The van der Waals surface area contributed by atoms with Gasteiger partial charge in [0.25, 0.3) is 10.0 Å². The number of aryl methyl sites for hydroxylation is 1. The Labute approximate surface area is 108 Å². The van der Waals surface area contributed by atoms with Gasteiger partial charge in [0, 0.05) is 5.69 Å².